The maximum atomic E-state index is 10.00. The predicted molar refractivity (Wildman–Crippen MR) is 82.7 cm³/mol. The smallest absolute Gasteiger partial charge is 0.115 e. The molecule has 2 aromatic rings. The first-order chi connectivity index (χ1) is 9.13. The Bertz CT molecular complexity index is 528. The summed E-state index contributed by atoms with van der Waals surface area (Å²) in [6.07, 6.45) is 0.133. The molecule has 2 rings (SSSR count). The van der Waals surface area contributed by atoms with Gasteiger partial charge in [-0.05, 0) is 48.4 Å². The summed E-state index contributed by atoms with van der Waals surface area (Å²) >= 11 is 5.02. The van der Waals surface area contributed by atoms with E-state index >= 15 is 0 Å². The zero-order chi connectivity index (χ0) is 13.7. The van der Waals surface area contributed by atoms with Crippen LogP contribution in [0.4, 0.5) is 0 Å². The molecule has 0 aromatic heterocycles. The monoisotopic (exact) mass is 338 g/mol. The minimum Gasteiger partial charge on any atom is -0.508 e. The van der Waals surface area contributed by atoms with E-state index in [9.17, 15) is 10.2 Å². The summed E-state index contributed by atoms with van der Waals surface area (Å²) in [4.78, 5) is 1.14. The molecule has 19 heavy (non-hydrogen) atoms. The van der Waals surface area contributed by atoms with Crippen molar-refractivity contribution in [1.29, 1.82) is 0 Å². The molecule has 0 aliphatic rings. The van der Waals surface area contributed by atoms with E-state index < -0.39 is 6.10 Å². The molecule has 0 aliphatic heterocycles. The summed E-state index contributed by atoms with van der Waals surface area (Å²) in [5.74, 6) is 0.877. The van der Waals surface area contributed by atoms with E-state index in [0.29, 0.717) is 12.2 Å². The average molecular weight is 339 g/mol. The molecule has 0 aliphatic carbocycles. The predicted octanol–water partition coefficient (Wildman–Crippen LogP) is 3.85. The van der Waals surface area contributed by atoms with Crippen LogP contribution in [-0.2, 0) is 6.42 Å². The standard InChI is InChI=1S/C15H15BrO2S/c16-12-4-6-15(7-5-12)19-10-14(18)9-11-2-1-3-13(17)8-11/h1-8,14,17-18H,9-10H2. The van der Waals surface area contributed by atoms with Gasteiger partial charge < -0.3 is 10.2 Å². The van der Waals surface area contributed by atoms with Gasteiger partial charge in [-0.15, -0.1) is 11.8 Å². The highest BCUT2D eigenvalue weighted by molar-refractivity contribution is 9.10. The molecule has 2 nitrogen and oxygen atoms in total. The summed E-state index contributed by atoms with van der Waals surface area (Å²) in [6, 6.07) is 15.0. The Morgan fingerprint density at radius 2 is 1.84 bits per heavy atom. The van der Waals surface area contributed by atoms with Gasteiger partial charge in [0.1, 0.15) is 5.75 Å². The van der Waals surface area contributed by atoms with Crippen molar-refractivity contribution in [2.75, 3.05) is 5.75 Å². The zero-order valence-electron chi connectivity index (χ0n) is 10.3. The van der Waals surface area contributed by atoms with Crippen LogP contribution in [0.3, 0.4) is 0 Å². The first-order valence-electron chi connectivity index (χ1n) is 5.98. The summed E-state index contributed by atoms with van der Waals surface area (Å²) in [6.45, 7) is 0. The lowest BCUT2D eigenvalue weighted by molar-refractivity contribution is 0.200. The zero-order valence-corrected chi connectivity index (χ0v) is 12.7. The number of benzene rings is 2. The Labute approximate surface area is 125 Å². The third-order valence-electron chi connectivity index (χ3n) is 2.64. The van der Waals surface area contributed by atoms with Gasteiger partial charge in [-0.1, -0.05) is 28.1 Å². The van der Waals surface area contributed by atoms with E-state index in [1.54, 1.807) is 30.0 Å². The van der Waals surface area contributed by atoms with E-state index in [2.05, 4.69) is 15.9 Å². The molecular weight excluding hydrogens is 324 g/mol. The quantitative estimate of drug-likeness (QED) is 0.813. The summed E-state index contributed by atoms with van der Waals surface area (Å²) in [7, 11) is 0. The molecule has 0 saturated heterocycles. The van der Waals surface area contributed by atoms with Crippen LogP contribution in [0.15, 0.2) is 57.9 Å². The van der Waals surface area contributed by atoms with Gasteiger partial charge >= 0.3 is 0 Å². The minimum absolute atomic E-state index is 0.241. The number of aromatic hydroxyl groups is 1. The molecule has 1 unspecified atom stereocenters. The van der Waals surface area contributed by atoms with Crippen LogP contribution in [-0.4, -0.2) is 22.1 Å². The SMILES string of the molecule is Oc1cccc(CC(O)CSc2ccc(Br)cc2)c1. The molecule has 0 spiro atoms. The molecular formula is C15H15BrO2S. The third-order valence-corrected chi connectivity index (χ3v) is 4.32. The fourth-order valence-electron chi connectivity index (χ4n) is 1.74. The Kier molecular flexibility index (Phi) is 5.31. The number of phenolic OH excluding ortho intramolecular Hbond substituents is 1. The van der Waals surface area contributed by atoms with Crippen molar-refractivity contribution in [2.45, 2.75) is 17.4 Å². The van der Waals surface area contributed by atoms with E-state index in [1.807, 2.05) is 30.3 Å². The number of hydrogen-bond acceptors (Lipinski definition) is 3. The normalized spacial score (nSPS) is 12.3. The molecule has 0 heterocycles. The van der Waals surface area contributed by atoms with Gasteiger partial charge in [0.2, 0.25) is 0 Å². The van der Waals surface area contributed by atoms with Crippen LogP contribution in [0.25, 0.3) is 0 Å². The molecule has 2 N–H and O–H groups in total. The van der Waals surface area contributed by atoms with Gasteiger partial charge in [-0.25, -0.2) is 0 Å². The second kappa shape index (κ2) is 6.98. The number of thioether (sulfide) groups is 1. The fourth-order valence-corrected chi connectivity index (χ4v) is 2.83. The topological polar surface area (TPSA) is 40.5 Å². The van der Waals surface area contributed by atoms with Crippen molar-refractivity contribution in [2.24, 2.45) is 0 Å². The van der Waals surface area contributed by atoms with Gasteiger partial charge in [0, 0.05) is 15.1 Å². The lowest BCUT2D eigenvalue weighted by Crippen LogP contribution is -2.13. The van der Waals surface area contributed by atoms with E-state index in [0.717, 1.165) is 14.9 Å². The third kappa shape index (κ3) is 4.90. The molecule has 0 saturated carbocycles. The van der Waals surface area contributed by atoms with E-state index in [-0.39, 0.29) is 5.75 Å². The molecule has 100 valence electrons. The number of halogens is 1. The lowest BCUT2D eigenvalue weighted by atomic mass is 10.1. The van der Waals surface area contributed by atoms with Gasteiger partial charge in [0.25, 0.3) is 0 Å². The molecule has 0 bridgehead atoms. The van der Waals surface area contributed by atoms with Crippen LogP contribution in [0.5, 0.6) is 5.75 Å². The highest BCUT2D eigenvalue weighted by atomic mass is 79.9. The minimum atomic E-state index is -0.421. The first kappa shape index (κ1) is 14.4. The van der Waals surface area contributed by atoms with Crippen molar-refractivity contribution in [3.8, 4) is 5.75 Å². The number of phenols is 1. The highest BCUT2D eigenvalue weighted by Gasteiger charge is 2.07. The molecule has 2 aromatic carbocycles. The lowest BCUT2D eigenvalue weighted by Gasteiger charge is -2.10. The molecule has 0 fully saturated rings. The van der Waals surface area contributed by atoms with Crippen molar-refractivity contribution in [1.82, 2.24) is 0 Å². The maximum absolute atomic E-state index is 10.00. The Balaban J connectivity index is 1.84. The van der Waals surface area contributed by atoms with Crippen LogP contribution >= 0.6 is 27.7 Å². The number of rotatable bonds is 5. The number of hydrogen-bond donors (Lipinski definition) is 2. The van der Waals surface area contributed by atoms with Gasteiger partial charge in [-0.2, -0.15) is 0 Å². The van der Waals surface area contributed by atoms with E-state index in [4.69, 9.17) is 0 Å². The highest BCUT2D eigenvalue weighted by Crippen LogP contribution is 2.22. The van der Waals surface area contributed by atoms with E-state index in [1.165, 1.54) is 0 Å². The second-order valence-electron chi connectivity index (χ2n) is 4.29. The van der Waals surface area contributed by atoms with Crippen LogP contribution < -0.4 is 0 Å². The summed E-state index contributed by atoms with van der Waals surface area (Å²) in [5, 5.41) is 19.4. The van der Waals surface area contributed by atoms with Crippen LogP contribution in [0.1, 0.15) is 5.56 Å². The van der Waals surface area contributed by atoms with Crippen molar-refractivity contribution in [3.05, 3.63) is 58.6 Å². The van der Waals surface area contributed by atoms with Gasteiger partial charge in [-0.3, -0.25) is 0 Å². The van der Waals surface area contributed by atoms with Crippen LogP contribution in [0, 0.1) is 0 Å². The first-order valence-corrected chi connectivity index (χ1v) is 7.75. The average Bonchev–Trinajstić information content (AvgIpc) is 2.38. The number of aliphatic hydroxyl groups is 1. The van der Waals surface area contributed by atoms with Crippen molar-refractivity contribution in [3.63, 3.8) is 0 Å². The Hall–Kier alpha value is -0.970. The number of aliphatic hydroxyl groups excluding tert-OH is 1. The van der Waals surface area contributed by atoms with Gasteiger partial charge in [0.05, 0.1) is 6.10 Å². The summed E-state index contributed by atoms with van der Waals surface area (Å²) in [5.41, 5.74) is 0.948. The molecule has 0 amide bonds. The van der Waals surface area contributed by atoms with Crippen molar-refractivity contribution < 1.29 is 10.2 Å². The van der Waals surface area contributed by atoms with Crippen LogP contribution in [0.2, 0.25) is 0 Å². The summed E-state index contributed by atoms with van der Waals surface area (Å²) < 4.78 is 1.05. The molecule has 0 radical (unpaired) electrons. The maximum Gasteiger partial charge on any atom is 0.115 e. The second-order valence-corrected chi connectivity index (χ2v) is 6.30. The molecule has 1 atom stereocenters. The van der Waals surface area contributed by atoms with Crippen molar-refractivity contribution >= 4 is 27.7 Å². The van der Waals surface area contributed by atoms with Gasteiger partial charge in [0.15, 0.2) is 0 Å². The molecule has 4 heteroatoms. The fraction of sp³-hybridized carbons (Fsp3) is 0.200. The Morgan fingerprint density at radius 3 is 2.53 bits per heavy atom. The largest absolute Gasteiger partial charge is 0.508 e. The Morgan fingerprint density at radius 1 is 1.11 bits per heavy atom.